The van der Waals surface area contributed by atoms with E-state index in [0.29, 0.717) is 0 Å². The second-order valence-electron chi connectivity index (χ2n) is 18.3. The predicted octanol–water partition coefficient (Wildman–Crippen LogP) is 19.1. The van der Waals surface area contributed by atoms with Gasteiger partial charge in [0.2, 0.25) is 0 Å². The van der Waals surface area contributed by atoms with Crippen molar-refractivity contribution in [3.63, 3.8) is 0 Å². The molecule has 0 N–H and O–H groups in total. The van der Waals surface area contributed by atoms with Crippen molar-refractivity contribution in [1.82, 2.24) is 19.9 Å². The summed E-state index contributed by atoms with van der Waals surface area (Å²) in [6.45, 7) is 13.2. The molecule has 0 aliphatic heterocycles. The molecule has 0 fully saturated rings. The molecular formula is C55H88Br2N4. The molecule has 0 bridgehead atoms. The molecule has 2 aromatic heterocycles. The molecule has 0 amide bonds. The van der Waals surface area contributed by atoms with Gasteiger partial charge in [0.15, 0.2) is 0 Å². The number of aromatic nitrogens is 4. The van der Waals surface area contributed by atoms with E-state index in [1.807, 2.05) is 0 Å². The fourth-order valence-corrected chi connectivity index (χ4v) is 9.45. The van der Waals surface area contributed by atoms with E-state index in [1.165, 1.54) is 221 Å². The summed E-state index contributed by atoms with van der Waals surface area (Å²) in [4.78, 5) is 20.0. The molecule has 0 atom stereocenters. The van der Waals surface area contributed by atoms with Crippen LogP contribution in [0.5, 0.6) is 0 Å². The highest BCUT2D eigenvalue weighted by atomic mass is 79.9. The average Bonchev–Trinajstić information content (AvgIpc) is 3.26. The van der Waals surface area contributed by atoms with Crippen LogP contribution in [0.3, 0.4) is 0 Å². The zero-order valence-electron chi connectivity index (χ0n) is 40.2. The largest absolute Gasteiger partial charge is 0.249 e. The van der Waals surface area contributed by atoms with Gasteiger partial charge in [-0.1, -0.05) is 206 Å². The Morgan fingerprint density at radius 2 is 0.574 bits per heavy atom. The van der Waals surface area contributed by atoms with E-state index in [0.717, 1.165) is 56.0 Å². The summed E-state index contributed by atoms with van der Waals surface area (Å²) in [5.74, 6) is 0. The van der Waals surface area contributed by atoms with Gasteiger partial charge in [0, 0.05) is 8.95 Å². The number of fused-ring (bicyclic) bond motifs is 2. The lowest BCUT2D eigenvalue weighted by atomic mass is 10.0. The number of hydrogen-bond donors (Lipinski definition) is 0. The van der Waals surface area contributed by atoms with Crippen LogP contribution in [0.2, 0.25) is 0 Å². The molecule has 4 aromatic rings. The number of benzene rings is 2. The smallest absolute Gasteiger partial charge is 0.103 e. The first-order valence-corrected chi connectivity index (χ1v) is 27.3. The molecule has 0 radical (unpaired) electrons. The van der Waals surface area contributed by atoms with Crippen molar-refractivity contribution in [2.24, 2.45) is 0 Å². The van der Waals surface area contributed by atoms with E-state index in [4.69, 9.17) is 19.9 Å². The Kier molecular flexibility index (Phi) is 29.4. The molecule has 2 heterocycles. The third-order valence-corrected chi connectivity index (χ3v) is 14.0. The molecule has 0 saturated carbocycles. The first kappa shape index (κ1) is 53.4. The summed E-state index contributed by atoms with van der Waals surface area (Å²) in [5.41, 5.74) is 11.3. The minimum Gasteiger partial charge on any atom is -0.249 e. The second-order valence-corrected chi connectivity index (χ2v) is 20.0. The standard InChI is InChI=1S/C30H49BrN2.C25H39BrN2/c1-4-5-6-7-8-9-10-11-12-13-14-15-16-17-18-19-20-21-22-28-26(3)32-30-27(31)24-23-25(2)29(30)33-28;1-4-6-8-10-12-14-16-22-23(17-15-13-11-9-7-5-2)28-25-21(26)19-18-20(3)24(25)27-22/h23-24H,4-22H2,1-3H3;18-19H,4-17H2,1-3H3. The van der Waals surface area contributed by atoms with E-state index in [-0.39, 0.29) is 0 Å². The minimum absolute atomic E-state index is 0.994. The maximum Gasteiger partial charge on any atom is 0.103 e. The van der Waals surface area contributed by atoms with Gasteiger partial charge in [-0.05, 0) is 114 Å². The number of hydrogen-bond acceptors (Lipinski definition) is 4. The molecule has 0 aliphatic carbocycles. The van der Waals surface area contributed by atoms with Crippen molar-refractivity contribution in [2.45, 2.75) is 253 Å². The first-order chi connectivity index (χ1) is 29.8. The molecule has 0 saturated heterocycles. The summed E-state index contributed by atoms with van der Waals surface area (Å²) in [6, 6.07) is 8.44. The van der Waals surface area contributed by atoms with E-state index in [1.54, 1.807) is 0 Å². The second kappa shape index (κ2) is 33.6. The van der Waals surface area contributed by atoms with Crippen LogP contribution in [-0.4, -0.2) is 19.9 Å². The van der Waals surface area contributed by atoms with Crippen molar-refractivity contribution >= 4 is 53.9 Å². The zero-order chi connectivity index (χ0) is 43.9. The monoisotopic (exact) mass is 963 g/mol. The Balaban J connectivity index is 0.000000330. The molecular weight excluding hydrogens is 876 g/mol. The lowest BCUT2D eigenvalue weighted by Gasteiger charge is -2.12. The van der Waals surface area contributed by atoms with Gasteiger partial charge in [0.25, 0.3) is 0 Å². The van der Waals surface area contributed by atoms with Crippen LogP contribution in [-0.2, 0) is 19.3 Å². The number of nitrogens with zero attached hydrogens (tertiary/aromatic N) is 4. The highest BCUT2D eigenvalue weighted by molar-refractivity contribution is 9.11. The lowest BCUT2D eigenvalue weighted by molar-refractivity contribution is 0.525. The predicted molar refractivity (Wildman–Crippen MR) is 275 cm³/mol. The highest BCUT2D eigenvalue weighted by Crippen LogP contribution is 2.28. The third kappa shape index (κ3) is 21.5. The van der Waals surface area contributed by atoms with Crippen LogP contribution >= 0.6 is 31.9 Å². The van der Waals surface area contributed by atoms with Crippen LogP contribution in [0.1, 0.15) is 247 Å². The topological polar surface area (TPSA) is 51.6 Å². The molecule has 4 nitrogen and oxygen atoms in total. The molecule has 0 aliphatic rings. The molecule has 0 spiro atoms. The maximum absolute atomic E-state index is 5.11. The van der Waals surface area contributed by atoms with Crippen molar-refractivity contribution in [3.05, 3.63) is 67.1 Å². The molecule has 2 aromatic carbocycles. The Morgan fingerprint density at radius 3 is 0.918 bits per heavy atom. The summed E-state index contributed by atoms with van der Waals surface area (Å²) in [7, 11) is 0. The van der Waals surface area contributed by atoms with E-state index < -0.39 is 0 Å². The Hall–Kier alpha value is -1.92. The van der Waals surface area contributed by atoms with Gasteiger partial charge >= 0.3 is 0 Å². The third-order valence-electron chi connectivity index (χ3n) is 12.7. The minimum atomic E-state index is 0.994. The van der Waals surface area contributed by atoms with E-state index in [9.17, 15) is 0 Å². The normalized spacial score (nSPS) is 11.5. The van der Waals surface area contributed by atoms with Gasteiger partial charge in [0.1, 0.15) is 11.0 Å². The van der Waals surface area contributed by atoms with Crippen molar-refractivity contribution in [3.8, 4) is 0 Å². The molecule has 0 unspecified atom stereocenters. The van der Waals surface area contributed by atoms with Crippen molar-refractivity contribution in [1.29, 1.82) is 0 Å². The summed E-state index contributed by atoms with van der Waals surface area (Å²) in [5, 5.41) is 0. The SMILES string of the molecule is CCCCCCCCCCCCCCCCCCCCc1nc2c(C)ccc(Br)c2nc1C.CCCCCCCCc1nc2c(C)ccc(Br)c2nc1CCCCCCCC. The molecule has 342 valence electrons. The first-order valence-electron chi connectivity index (χ1n) is 25.7. The number of rotatable bonds is 33. The van der Waals surface area contributed by atoms with Gasteiger partial charge in [-0.25, -0.2) is 19.9 Å². The van der Waals surface area contributed by atoms with Crippen LogP contribution in [0.15, 0.2) is 33.2 Å². The highest BCUT2D eigenvalue weighted by Gasteiger charge is 2.13. The van der Waals surface area contributed by atoms with E-state index in [2.05, 4.69) is 97.7 Å². The van der Waals surface area contributed by atoms with E-state index >= 15 is 0 Å². The molecule has 4 rings (SSSR count). The van der Waals surface area contributed by atoms with Gasteiger partial charge in [0.05, 0.1) is 33.8 Å². The van der Waals surface area contributed by atoms with Gasteiger partial charge in [-0.3, -0.25) is 0 Å². The fourth-order valence-electron chi connectivity index (χ4n) is 8.63. The van der Waals surface area contributed by atoms with Gasteiger partial charge in [-0.2, -0.15) is 0 Å². The number of halogens is 2. The van der Waals surface area contributed by atoms with Crippen LogP contribution in [0.4, 0.5) is 0 Å². The summed E-state index contributed by atoms with van der Waals surface area (Å²) >= 11 is 7.30. The number of aryl methyl sites for hydroxylation is 6. The molecule has 61 heavy (non-hydrogen) atoms. The number of unbranched alkanes of at least 4 members (excludes halogenated alkanes) is 27. The summed E-state index contributed by atoms with van der Waals surface area (Å²) in [6.07, 6.45) is 44.6. The average molecular weight is 965 g/mol. The van der Waals surface area contributed by atoms with Crippen LogP contribution < -0.4 is 0 Å². The maximum atomic E-state index is 5.11. The van der Waals surface area contributed by atoms with Gasteiger partial charge < -0.3 is 0 Å². The quantitative estimate of drug-likeness (QED) is 0.0447. The van der Waals surface area contributed by atoms with Gasteiger partial charge in [-0.15, -0.1) is 0 Å². The Bertz CT molecular complexity index is 1690. The Morgan fingerprint density at radius 1 is 0.311 bits per heavy atom. The lowest BCUT2D eigenvalue weighted by Crippen LogP contribution is -2.05. The van der Waals surface area contributed by atoms with Crippen molar-refractivity contribution in [2.75, 3.05) is 0 Å². The fraction of sp³-hybridized carbons (Fsp3) is 0.709. The van der Waals surface area contributed by atoms with Crippen LogP contribution in [0.25, 0.3) is 22.1 Å². The van der Waals surface area contributed by atoms with Crippen molar-refractivity contribution < 1.29 is 0 Å². The summed E-state index contributed by atoms with van der Waals surface area (Å²) < 4.78 is 2.11. The van der Waals surface area contributed by atoms with Crippen LogP contribution in [0, 0.1) is 20.8 Å². The molecule has 6 heteroatoms. The zero-order valence-corrected chi connectivity index (χ0v) is 43.4. The Labute approximate surface area is 392 Å².